The smallest absolute Gasteiger partial charge is 0.238 e. The Hall–Kier alpha value is 0.0569. The topological polar surface area (TPSA) is 47.9 Å². The van der Waals surface area contributed by atoms with Crippen molar-refractivity contribution in [1.82, 2.24) is 0 Å². The first-order chi connectivity index (χ1) is 8.88. The van der Waals surface area contributed by atoms with E-state index in [0.717, 1.165) is 31.0 Å². The number of aliphatic hydroxyl groups is 1. The molecule has 1 aliphatic rings. The van der Waals surface area contributed by atoms with Crippen molar-refractivity contribution in [1.29, 1.82) is 0 Å². The van der Waals surface area contributed by atoms with Gasteiger partial charge >= 0.3 is 0 Å². The maximum atomic E-state index is 9.71. The van der Waals surface area contributed by atoms with Crippen LogP contribution in [-0.2, 0) is 14.2 Å². The molecule has 0 amide bonds. The Morgan fingerprint density at radius 3 is 2.21 bits per heavy atom. The van der Waals surface area contributed by atoms with Crippen molar-refractivity contribution in [2.75, 3.05) is 6.61 Å². The van der Waals surface area contributed by atoms with E-state index in [4.69, 9.17) is 14.2 Å². The summed E-state index contributed by atoms with van der Waals surface area (Å²) in [6.45, 7) is 11.2. The normalized spacial score (nSPS) is 24.9. The highest BCUT2D eigenvalue weighted by molar-refractivity contribution is 6.73. The molecular formula is C14H30O4Si. The number of ether oxygens (including phenoxy) is 1. The number of hydrogen-bond acceptors (Lipinski definition) is 4. The average Bonchev–Trinajstić information content (AvgIpc) is 2.77. The summed E-state index contributed by atoms with van der Waals surface area (Å²) in [7, 11) is -1.72. The predicted octanol–water partition coefficient (Wildman–Crippen LogP) is 3.46. The largest absolute Gasteiger partial charge is 0.368 e. The van der Waals surface area contributed by atoms with Crippen LogP contribution in [0.15, 0.2) is 0 Å². The Labute approximate surface area is 118 Å². The van der Waals surface area contributed by atoms with Crippen LogP contribution in [0.25, 0.3) is 0 Å². The van der Waals surface area contributed by atoms with E-state index in [-0.39, 0.29) is 11.5 Å². The Bertz CT molecular complexity index is 258. The molecule has 0 bridgehead atoms. The summed E-state index contributed by atoms with van der Waals surface area (Å²) in [4.78, 5) is 5.77. The predicted molar refractivity (Wildman–Crippen MR) is 78.1 cm³/mol. The Morgan fingerprint density at radius 1 is 1.21 bits per heavy atom. The van der Waals surface area contributed by atoms with Gasteiger partial charge in [0.1, 0.15) is 0 Å². The maximum Gasteiger partial charge on any atom is 0.238 e. The molecule has 5 heteroatoms. The Morgan fingerprint density at radius 2 is 1.79 bits per heavy atom. The molecule has 0 aromatic carbocycles. The van der Waals surface area contributed by atoms with Crippen molar-refractivity contribution in [3.8, 4) is 0 Å². The van der Waals surface area contributed by atoms with E-state index in [1.165, 1.54) is 0 Å². The van der Waals surface area contributed by atoms with Gasteiger partial charge in [-0.3, -0.25) is 4.58 Å². The number of aliphatic hydroxyl groups excluding tert-OH is 1. The molecule has 0 unspecified atom stereocenters. The van der Waals surface area contributed by atoms with Crippen LogP contribution < -0.4 is 0 Å². The summed E-state index contributed by atoms with van der Waals surface area (Å²) in [5, 5.41) is 9.71. The Balaban J connectivity index is 2.49. The van der Waals surface area contributed by atoms with Gasteiger partial charge in [-0.15, -0.1) is 0 Å². The van der Waals surface area contributed by atoms with E-state index in [1.807, 2.05) is 13.8 Å². The van der Waals surface area contributed by atoms with E-state index in [9.17, 15) is 5.11 Å². The third-order valence-electron chi connectivity index (χ3n) is 4.31. The van der Waals surface area contributed by atoms with Crippen molar-refractivity contribution in [3.05, 3.63) is 0 Å². The summed E-state index contributed by atoms with van der Waals surface area (Å²) < 4.78 is 11.1. The second-order valence-electron chi connectivity index (χ2n) is 6.18. The van der Waals surface area contributed by atoms with Crippen molar-refractivity contribution >= 4 is 8.32 Å². The second-order valence-corrected chi connectivity index (χ2v) is 10.8. The molecule has 1 heterocycles. The zero-order chi connectivity index (χ0) is 14.5. The van der Waals surface area contributed by atoms with E-state index in [0.29, 0.717) is 6.61 Å². The second kappa shape index (κ2) is 7.18. The van der Waals surface area contributed by atoms with Crippen LogP contribution in [-0.4, -0.2) is 31.9 Å². The highest BCUT2D eigenvalue weighted by atomic mass is 28.4. The molecule has 1 fully saturated rings. The summed E-state index contributed by atoms with van der Waals surface area (Å²) in [5.74, 6) is 0.152. The summed E-state index contributed by atoms with van der Waals surface area (Å²) >= 11 is 0. The standard InChI is InChI=1S/C14H30O4Si/c1-6-19(7-2,8-3)18-17-14(4,5)11-12-9-10-16-13(12)15/h12-13,15H,6-11H2,1-5H3/t12-,13-/m1/s1. The van der Waals surface area contributed by atoms with E-state index < -0.39 is 14.6 Å². The minimum Gasteiger partial charge on any atom is -0.368 e. The van der Waals surface area contributed by atoms with Crippen molar-refractivity contribution < 1.29 is 19.3 Å². The summed E-state index contributed by atoms with van der Waals surface area (Å²) in [6.07, 6.45) is 1.01. The molecule has 1 aliphatic heterocycles. The Kier molecular flexibility index (Phi) is 6.46. The molecule has 114 valence electrons. The van der Waals surface area contributed by atoms with Crippen molar-refractivity contribution in [2.24, 2.45) is 5.92 Å². The first-order valence-electron chi connectivity index (χ1n) is 7.54. The lowest BCUT2D eigenvalue weighted by Crippen LogP contribution is -2.41. The van der Waals surface area contributed by atoms with Crippen LogP contribution in [0.2, 0.25) is 18.1 Å². The molecule has 1 rings (SSSR count). The maximum absolute atomic E-state index is 9.71. The zero-order valence-corrected chi connectivity index (χ0v) is 14.1. The molecule has 1 saturated heterocycles. The lowest BCUT2D eigenvalue weighted by molar-refractivity contribution is -0.298. The van der Waals surface area contributed by atoms with E-state index in [2.05, 4.69) is 20.8 Å². The zero-order valence-electron chi connectivity index (χ0n) is 13.1. The third-order valence-corrected chi connectivity index (χ3v) is 8.61. The van der Waals surface area contributed by atoms with Crippen molar-refractivity contribution in [2.45, 2.75) is 77.5 Å². The lowest BCUT2D eigenvalue weighted by Gasteiger charge is -2.33. The minimum atomic E-state index is -1.72. The van der Waals surface area contributed by atoms with E-state index >= 15 is 0 Å². The monoisotopic (exact) mass is 290 g/mol. The van der Waals surface area contributed by atoms with Gasteiger partial charge in [0.05, 0.1) is 12.2 Å². The molecule has 1 N–H and O–H groups in total. The molecule has 0 saturated carbocycles. The highest BCUT2D eigenvalue weighted by Crippen LogP contribution is 2.32. The van der Waals surface area contributed by atoms with Crippen LogP contribution >= 0.6 is 0 Å². The van der Waals surface area contributed by atoms with Gasteiger partial charge in [-0.2, -0.15) is 0 Å². The van der Waals surface area contributed by atoms with Crippen LogP contribution in [0.5, 0.6) is 0 Å². The van der Waals surface area contributed by atoms with Gasteiger partial charge in [-0.05, 0) is 44.8 Å². The van der Waals surface area contributed by atoms with Gasteiger partial charge < -0.3 is 9.84 Å². The molecule has 19 heavy (non-hydrogen) atoms. The molecule has 0 aliphatic carbocycles. The van der Waals surface area contributed by atoms with Gasteiger partial charge in [-0.1, -0.05) is 20.8 Å². The molecule has 0 spiro atoms. The summed E-state index contributed by atoms with van der Waals surface area (Å²) in [6, 6.07) is 3.22. The van der Waals surface area contributed by atoms with Gasteiger partial charge in [-0.25, -0.2) is 4.89 Å². The van der Waals surface area contributed by atoms with Crippen LogP contribution in [0.1, 0.15) is 47.5 Å². The quantitative estimate of drug-likeness (QED) is 0.422. The van der Waals surface area contributed by atoms with Crippen molar-refractivity contribution in [3.63, 3.8) is 0 Å². The van der Waals surface area contributed by atoms with Crippen LogP contribution in [0, 0.1) is 5.92 Å². The van der Waals surface area contributed by atoms with Gasteiger partial charge in [0.25, 0.3) is 0 Å². The van der Waals surface area contributed by atoms with Gasteiger partial charge in [0, 0.05) is 5.92 Å². The first kappa shape index (κ1) is 17.1. The summed E-state index contributed by atoms with van der Waals surface area (Å²) in [5.41, 5.74) is -0.378. The first-order valence-corrected chi connectivity index (χ1v) is 10.1. The highest BCUT2D eigenvalue weighted by Gasteiger charge is 2.37. The minimum absolute atomic E-state index is 0.152. The molecule has 0 radical (unpaired) electrons. The molecule has 2 atom stereocenters. The number of rotatable bonds is 8. The fourth-order valence-electron chi connectivity index (χ4n) is 2.62. The van der Waals surface area contributed by atoms with Crippen LogP contribution in [0.4, 0.5) is 0 Å². The molecular weight excluding hydrogens is 260 g/mol. The SMILES string of the molecule is CC[Si](CC)(CC)OOC(C)(C)C[C@H]1CCO[C@H]1O. The molecule has 4 nitrogen and oxygen atoms in total. The van der Waals surface area contributed by atoms with Gasteiger partial charge in [0.2, 0.25) is 8.32 Å². The third kappa shape index (κ3) is 4.83. The van der Waals surface area contributed by atoms with E-state index in [1.54, 1.807) is 0 Å². The molecule has 0 aromatic heterocycles. The average molecular weight is 290 g/mol. The fraction of sp³-hybridized carbons (Fsp3) is 1.00. The fourth-order valence-corrected chi connectivity index (χ4v) is 4.87. The van der Waals surface area contributed by atoms with Gasteiger partial charge in [0.15, 0.2) is 6.29 Å². The van der Waals surface area contributed by atoms with Crippen LogP contribution in [0.3, 0.4) is 0 Å². The lowest BCUT2D eigenvalue weighted by atomic mass is 9.92. The molecule has 0 aromatic rings. The number of hydrogen-bond donors (Lipinski definition) is 1.